The van der Waals surface area contributed by atoms with Gasteiger partial charge in [-0.05, 0) is 86.5 Å². The van der Waals surface area contributed by atoms with Crippen LogP contribution in [0, 0.1) is 6.92 Å². The number of halogens is 2. The Morgan fingerprint density at radius 1 is 0.844 bits per heavy atom. The normalized spacial score (nSPS) is 11.8. The third kappa shape index (κ3) is 8.57. The topological polar surface area (TPSA) is 96.0 Å². The molecule has 0 bridgehead atoms. The second-order valence-corrected chi connectivity index (χ2v) is 13.0. The number of ether oxygens (including phenoxy) is 1. The van der Waals surface area contributed by atoms with E-state index in [4.69, 9.17) is 27.9 Å². The molecular weight excluding hydrogens is 633 g/mol. The predicted octanol–water partition coefficient (Wildman–Crippen LogP) is 7.23. The molecule has 0 aliphatic rings. The Hall–Kier alpha value is -4.05. The van der Waals surface area contributed by atoms with Crippen molar-refractivity contribution in [2.45, 2.75) is 44.7 Å². The number of anilines is 1. The maximum atomic E-state index is 14.2. The number of aryl methyl sites for hydroxylation is 1. The number of benzene rings is 4. The molecule has 0 saturated carbocycles. The molecular formula is C34H35Cl2N3O5S. The van der Waals surface area contributed by atoms with Crippen molar-refractivity contribution in [3.05, 3.63) is 118 Å². The summed E-state index contributed by atoms with van der Waals surface area (Å²) < 4.78 is 35.2. The maximum absolute atomic E-state index is 14.2. The van der Waals surface area contributed by atoms with Crippen LogP contribution in [0.1, 0.15) is 31.4 Å². The van der Waals surface area contributed by atoms with Gasteiger partial charge in [0.1, 0.15) is 24.1 Å². The average molecular weight is 669 g/mol. The molecule has 0 aromatic heterocycles. The summed E-state index contributed by atoms with van der Waals surface area (Å²) >= 11 is 12.4. The summed E-state index contributed by atoms with van der Waals surface area (Å²) in [6, 6.07) is 26.1. The molecule has 45 heavy (non-hydrogen) atoms. The minimum atomic E-state index is -4.21. The van der Waals surface area contributed by atoms with E-state index in [9.17, 15) is 18.0 Å². The zero-order valence-corrected chi connectivity index (χ0v) is 27.6. The lowest BCUT2D eigenvalue weighted by molar-refractivity contribution is -0.140. The highest BCUT2D eigenvalue weighted by Crippen LogP contribution is 2.29. The first-order chi connectivity index (χ1) is 21.5. The average Bonchev–Trinajstić information content (AvgIpc) is 3.02. The lowest BCUT2D eigenvalue weighted by Gasteiger charge is -2.33. The fourth-order valence-corrected chi connectivity index (χ4v) is 6.45. The lowest BCUT2D eigenvalue weighted by Crippen LogP contribution is -2.52. The molecule has 1 atom stereocenters. The number of sulfonamides is 1. The number of hydrogen-bond acceptors (Lipinski definition) is 5. The van der Waals surface area contributed by atoms with Crippen LogP contribution in [-0.4, -0.2) is 44.3 Å². The van der Waals surface area contributed by atoms with Crippen LogP contribution in [0.2, 0.25) is 10.0 Å². The molecule has 4 aromatic carbocycles. The molecule has 0 saturated heterocycles. The number of amides is 2. The van der Waals surface area contributed by atoms with E-state index in [1.54, 1.807) is 68.4 Å². The zero-order chi connectivity index (χ0) is 32.6. The molecule has 1 unspecified atom stereocenters. The molecule has 4 rings (SSSR count). The number of nitrogens with one attached hydrogen (secondary N) is 1. The predicted molar refractivity (Wildman–Crippen MR) is 178 cm³/mol. The molecule has 0 radical (unpaired) electrons. The summed E-state index contributed by atoms with van der Waals surface area (Å²) in [4.78, 5) is 28.7. The van der Waals surface area contributed by atoms with Crippen LogP contribution in [0.3, 0.4) is 0 Å². The summed E-state index contributed by atoms with van der Waals surface area (Å²) in [6.07, 6.45) is 0.301. The van der Waals surface area contributed by atoms with E-state index < -0.39 is 28.5 Å². The monoisotopic (exact) mass is 667 g/mol. The van der Waals surface area contributed by atoms with Gasteiger partial charge in [0.15, 0.2) is 0 Å². The van der Waals surface area contributed by atoms with Crippen molar-refractivity contribution in [3.8, 4) is 11.5 Å². The minimum Gasteiger partial charge on any atom is -0.457 e. The van der Waals surface area contributed by atoms with Gasteiger partial charge in [-0.1, -0.05) is 72.1 Å². The Morgan fingerprint density at radius 2 is 1.49 bits per heavy atom. The van der Waals surface area contributed by atoms with Crippen LogP contribution >= 0.6 is 23.2 Å². The Labute approximate surface area is 274 Å². The van der Waals surface area contributed by atoms with Gasteiger partial charge in [0.25, 0.3) is 10.0 Å². The molecule has 0 aliphatic heterocycles. The molecule has 0 spiro atoms. The van der Waals surface area contributed by atoms with Crippen molar-refractivity contribution in [2.24, 2.45) is 0 Å². The van der Waals surface area contributed by atoms with E-state index in [0.29, 0.717) is 40.1 Å². The van der Waals surface area contributed by atoms with E-state index in [-0.39, 0.29) is 23.0 Å². The van der Waals surface area contributed by atoms with Crippen LogP contribution in [0.4, 0.5) is 5.69 Å². The number of carbonyl (C=O) groups excluding carboxylic acids is 2. The summed E-state index contributed by atoms with van der Waals surface area (Å²) in [7, 11) is -4.21. The summed E-state index contributed by atoms with van der Waals surface area (Å²) in [5.41, 5.74) is 1.78. The molecule has 11 heteroatoms. The highest BCUT2D eigenvalue weighted by atomic mass is 35.5. The number of rotatable bonds is 13. The van der Waals surface area contributed by atoms with E-state index in [1.165, 1.54) is 17.0 Å². The summed E-state index contributed by atoms with van der Waals surface area (Å²) in [5.74, 6) is 0.203. The Bertz CT molecular complexity index is 1720. The Kier molecular flexibility index (Phi) is 11.5. The fraction of sp³-hybridized carbons (Fsp3) is 0.235. The van der Waals surface area contributed by atoms with Gasteiger partial charge in [0.05, 0.1) is 20.6 Å². The van der Waals surface area contributed by atoms with Crippen molar-refractivity contribution in [3.63, 3.8) is 0 Å². The van der Waals surface area contributed by atoms with Gasteiger partial charge < -0.3 is 15.0 Å². The van der Waals surface area contributed by atoms with Gasteiger partial charge in [-0.15, -0.1) is 0 Å². The van der Waals surface area contributed by atoms with Gasteiger partial charge in [-0.3, -0.25) is 13.9 Å². The molecule has 4 aromatic rings. The van der Waals surface area contributed by atoms with Crippen molar-refractivity contribution >= 4 is 50.7 Å². The third-order valence-corrected chi connectivity index (χ3v) is 9.59. The Balaban J connectivity index is 1.73. The largest absolute Gasteiger partial charge is 0.457 e. The number of para-hydroxylation sites is 1. The molecule has 8 nitrogen and oxygen atoms in total. The van der Waals surface area contributed by atoms with Gasteiger partial charge in [-0.25, -0.2) is 8.42 Å². The first-order valence-electron chi connectivity index (χ1n) is 14.5. The van der Waals surface area contributed by atoms with Crippen LogP contribution in [0.25, 0.3) is 0 Å². The van der Waals surface area contributed by atoms with Crippen molar-refractivity contribution in [2.75, 3.05) is 17.4 Å². The molecule has 236 valence electrons. The van der Waals surface area contributed by atoms with Gasteiger partial charge in [-0.2, -0.15) is 0 Å². The van der Waals surface area contributed by atoms with Crippen LogP contribution < -0.4 is 14.4 Å². The van der Waals surface area contributed by atoms with Gasteiger partial charge in [0, 0.05) is 13.1 Å². The zero-order valence-electron chi connectivity index (χ0n) is 25.2. The minimum absolute atomic E-state index is 0.00758. The smallest absolute Gasteiger partial charge is 0.264 e. The second-order valence-electron chi connectivity index (χ2n) is 10.3. The molecule has 0 fully saturated rings. The number of carbonyl (C=O) groups is 2. The van der Waals surface area contributed by atoms with Crippen molar-refractivity contribution in [1.82, 2.24) is 10.2 Å². The standard InChI is InChI=1S/C34H35Cl2N3O5S/c1-4-32(34(41)37-5-2)38(22-25-13-20-30(35)31(36)21-25)33(40)23-39(45(42,43)29-18-11-24(3)12-19-29)26-14-16-28(17-15-26)44-27-9-7-6-8-10-27/h6-21,32H,4-5,22-23H2,1-3H3,(H,37,41). The first-order valence-corrected chi connectivity index (χ1v) is 16.7. The third-order valence-electron chi connectivity index (χ3n) is 7.07. The lowest BCUT2D eigenvalue weighted by atomic mass is 10.1. The molecule has 2 amide bonds. The quantitative estimate of drug-likeness (QED) is 0.162. The van der Waals surface area contributed by atoms with Crippen LogP contribution in [0.5, 0.6) is 11.5 Å². The molecule has 0 aliphatic carbocycles. The van der Waals surface area contributed by atoms with Crippen molar-refractivity contribution in [1.29, 1.82) is 0 Å². The van der Waals surface area contributed by atoms with Gasteiger partial charge in [0.2, 0.25) is 11.8 Å². The fourth-order valence-electron chi connectivity index (χ4n) is 4.72. The van der Waals surface area contributed by atoms with E-state index in [0.717, 1.165) is 9.87 Å². The van der Waals surface area contributed by atoms with Crippen molar-refractivity contribution < 1.29 is 22.7 Å². The summed E-state index contributed by atoms with van der Waals surface area (Å²) in [5, 5.41) is 3.44. The highest BCUT2D eigenvalue weighted by Gasteiger charge is 2.33. The first kappa shape index (κ1) is 33.8. The maximum Gasteiger partial charge on any atom is 0.264 e. The molecule has 0 heterocycles. The Morgan fingerprint density at radius 3 is 2.09 bits per heavy atom. The van der Waals surface area contributed by atoms with E-state index in [2.05, 4.69) is 5.32 Å². The number of likely N-dealkylation sites (N-methyl/N-ethyl adjacent to an activating group) is 1. The SMILES string of the molecule is CCNC(=O)C(CC)N(Cc1ccc(Cl)c(Cl)c1)C(=O)CN(c1ccc(Oc2ccccc2)cc1)S(=O)(=O)c1ccc(C)cc1. The summed E-state index contributed by atoms with van der Waals surface area (Å²) in [6.45, 7) is 5.25. The second kappa shape index (κ2) is 15.3. The van der Waals surface area contributed by atoms with Gasteiger partial charge >= 0.3 is 0 Å². The molecule has 1 N–H and O–H groups in total. The number of hydrogen-bond donors (Lipinski definition) is 1. The highest BCUT2D eigenvalue weighted by molar-refractivity contribution is 7.92. The van der Waals surface area contributed by atoms with Crippen LogP contribution in [0.15, 0.2) is 102 Å². The number of nitrogens with zero attached hydrogens (tertiary/aromatic N) is 2. The van der Waals surface area contributed by atoms with E-state index in [1.807, 2.05) is 37.3 Å². The van der Waals surface area contributed by atoms with E-state index >= 15 is 0 Å². The van der Waals surface area contributed by atoms with Crippen LogP contribution in [-0.2, 0) is 26.2 Å².